The van der Waals surface area contributed by atoms with Crippen LogP contribution in [0.4, 0.5) is 0 Å². The molecule has 98 valence electrons. The van der Waals surface area contributed by atoms with Crippen molar-refractivity contribution < 1.29 is 4.79 Å². The predicted molar refractivity (Wildman–Crippen MR) is 81.5 cm³/mol. The van der Waals surface area contributed by atoms with Gasteiger partial charge < -0.3 is 5.32 Å². The van der Waals surface area contributed by atoms with Gasteiger partial charge in [-0.2, -0.15) is 0 Å². The van der Waals surface area contributed by atoms with Gasteiger partial charge >= 0.3 is 0 Å². The number of hydrogen-bond acceptors (Lipinski definition) is 1. The molecule has 0 aromatic heterocycles. The Morgan fingerprint density at radius 3 is 2.78 bits per heavy atom. The molecule has 0 aliphatic heterocycles. The maximum Gasteiger partial charge on any atom is 0.251 e. The van der Waals surface area contributed by atoms with E-state index < -0.39 is 0 Å². The summed E-state index contributed by atoms with van der Waals surface area (Å²) in [6.07, 6.45) is 3.61. The van der Waals surface area contributed by atoms with Crippen molar-refractivity contribution in [2.75, 3.05) is 6.54 Å². The van der Waals surface area contributed by atoms with Crippen molar-refractivity contribution in [2.45, 2.75) is 24.1 Å². The Morgan fingerprint density at radius 1 is 1.39 bits per heavy atom. The van der Waals surface area contributed by atoms with Crippen LogP contribution in [0.25, 0.3) is 0 Å². The third kappa shape index (κ3) is 3.72. The van der Waals surface area contributed by atoms with Crippen molar-refractivity contribution in [3.05, 3.63) is 33.3 Å². The van der Waals surface area contributed by atoms with Gasteiger partial charge in [0.05, 0.1) is 0 Å². The highest BCUT2D eigenvalue weighted by Gasteiger charge is 2.25. The van der Waals surface area contributed by atoms with E-state index in [1.807, 2.05) is 0 Å². The smallest absolute Gasteiger partial charge is 0.251 e. The Bertz CT molecular complexity index is 432. The lowest BCUT2D eigenvalue weighted by molar-refractivity contribution is 0.0948. The molecule has 1 aliphatic rings. The first kappa shape index (κ1) is 14.4. The van der Waals surface area contributed by atoms with Crippen molar-refractivity contribution in [2.24, 2.45) is 5.92 Å². The number of carbonyl (C=O) groups is 1. The molecule has 1 N–H and O–H groups in total. The van der Waals surface area contributed by atoms with Crippen molar-refractivity contribution >= 4 is 49.4 Å². The van der Waals surface area contributed by atoms with E-state index in [0.29, 0.717) is 21.3 Å². The molecule has 5 heteroatoms. The molecule has 18 heavy (non-hydrogen) atoms. The minimum Gasteiger partial charge on any atom is -0.352 e. The average molecular weight is 396 g/mol. The molecule has 1 aromatic rings. The van der Waals surface area contributed by atoms with Gasteiger partial charge in [-0.15, -0.1) is 0 Å². The fourth-order valence-corrected chi connectivity index (χ4v) is 3.87. The number of rotatable bonds is 3. The monoisotopic (exact) mass is 393 g/mol. The molecule has 1 fully saturated rings. The first-order chi connectivity index (χ1) is 8.56. The molecule has 1 amide bonds. The zero-order chi connectivity index (χ0) is 13.1. The highest BCUT2D eigenvalue weighted by Crippen LogP contribution is 2.30. The minimum atomic E-state index is -0.0650. The van der Waals surface area contributed by atoms with Gasteiger partial charge in [-0.3, -0.25) is 4.79 Å². The Labute approximate surface area is 129 Å². The van der Waals surface area contributed by atoms with Crippen LogP contribution in [0, 0.1) is 5.92 Å². The molecule has 2 nitrogen and oxygen atoms in total. The van der Waals surface area contributed by atoms with Gasteiger partial charge in [0.25, 0.3) is 5.91 Å². The summed E-state index contributed by atoms with van der Waals surface area (Å²) in [4.78, 5) is 12.5. The van der Waals surface area contributed by atoms with Crippen LogP contribution in [0.5, 0.6) is 0 Å². The summed E-state index contributed by atoms with van der Waals surface area (Å²) in [5, 5.41) is 3.54. The van der Waals surface area contributed by atoms with Crippen LogP contribution >= 0.6 is 43.5 Å². The lowest BCUT2D eigenvalue weighted by atomic mass is 10.1. The third-order valence-corrected chi connectivity index (χ3v) is 5.10. The largest absolute Gasteiger partial charge is 0.352 e. The second kappa shape index (κ2) is 6.40. The van der Waals surface area contributed by atoms with Gasteiger partial charge in [0.15, 0.2) is 0 Å². The summed E-state index contributed by atoms with van der Waals surface area (Å²) in [7, 11) is 0. The van der Waals surface area contributed by atoms with E-state index in [4.69, 9.17) is 11.6 Å². The molecule has 2 atom stereocenters. The Kier molecular flexibility index (Phi) is 5.10. The zero-order valence-electron chi connectivity index (χ0n) is 9.76. The van der Waals surface area contributed by atoms with Crippen LogP contribution in [0.2, 0.25) is 5.02 Å². The van der Waals surface area contributed by atoms with Gasteiger partial charge in [-0.25, -0.2) is 0 Å². The zero-order valence-corrected chi connectivity index (χ0v) is 13.7. The van der Waals surface area contributed by atoms with Crippen LogP contribution in [0.1, 0.15) is 29.6 Å². The summed E-state index contributed by atoms with van der Waals surface area (Å²) < 4.78 is 0.819. The molecule has 0 heterocycles. The number of alkyl halides is 1. The first-order valence-corrected chi connectivity index (χ1v) is 8.03. The number of halogens is 3. The van der Waals surface area contributed by atoms with E-state index in [0.717, 1.165) is 11.0 Å². The summed E-state index contributed by atoms with van der Waals surface area (Å²) in [5.74, 6) is 0.473. The Hall–Kier alpha value is -0.0600. The third-order valence-electron chi connectivity index (χ3n) is 3.22. The predicted octanol–water partition coefficient (Wildman–Crippen LogP) is 4.40. The van der Waals surface area contributed by atoms with Crippen molar-refractivity contribution in [1.29, 1.82) is 0 Å². The normalized spacial score (nSPS) is 23.1. The standard InChI is InChI=1S/C13H14Br2ClNO/c14-10-4-9(5-11(16)6-10)13(18)17-7-8-2-1-3-12(8)15/h4-6,8,12H,1-3,7H2,(H,17,18). The molecule has 0 saturated heterocycles. The van der Waals surface area contributed by atoms with Gasteiger partial charge in [0.1, 0.15) is 0 Å². The maximum atomic E-state index is 12.0. The second-order valence-electron chi connectivity index (χ2n) is 4.58. The lowest BCUT2D eigenvalue weighted by Crippen LogP contribution is -2.30. The van der Waals surface area contributed by atoms with E-state index in [2.05, 4.69) is 37.2 Å². The number of nitrogens with one attached hydrogen (secondary N) is 1. The number of benzene rings is 1. The van der Waals surface area contributed by atoms with Crippen LogP contribution in [-0.2, 0) is 0 Å². The van der Waals surface area contributed by atoms with E-state index >= 15 is 0 Å². The first-order valence-electron chi connectivity index (χ1n) is 5.94. The molecule has 2 rings (SSSR count). The lowest BCUT2D eigenvalue weighted by Gasteiger charge is -2.14. The summed E-state index contributed by atoms with van der Waals surface area (Å²) in [6, 6.07) is 5.23. The van der Waals surface area contributed by atoms with Gasteiger partial charge in [0, 0.05) is 26.4 Å². The SMILES string of the molecule is O=C(NCC1CCCC1Br)c1cc(Cl)cc(Br)c1. The van der Waals surface area contributed by atoms with Crippen LogP contribution in [0.15, 0.2) is 22.7 Å². The van der Waals surface area contributed by atoms with Gasteiger partial charge in [-0.1, -0.05) is 49.9 Å². The van der Waals surface area contributed by atoms with Crippen molar-refractivity contribution in [3.8, 4) is 0 Å². The Balaban J connectivity index is 1.95. The molecule has 0 spiro atoms. The molecule has 0 radical (unpaired) electrons. The van der Waals surface area contributed by atoms with Crippen LogP contribution in [0.3, 0.4) is 0 Å². The molecule has 1 aliphatic carbocycles. The fraction of sp³-hybridized carbons (Fsp3) is 0.462. The molecule has 2 unspecified atom stereocenters. The number of hydrogen-bond donors (Lipinski definition) is 1. The van der Waals surface area contributed by atoms with E-state index in [1.165, 1.54) is 19.3 Å². The number of amides is 1. The van der Waals surface area contributed by atoms with Crippen LogP contribution in [-0.4, -0.2) is 17.3 Å². The molecular weight excluding hydrogens is 381 g/mol. The van der Waals surface area contributed by atoms with E-state index in [9.17, 15) is 4.79 Å². The highest BCUT2D eigenvalue weighted by molar-refractivity contribution is 9.10. The average Bonchev–Trinajstić information content (AvgIpc) is 2.70. The quantitative estimate of drug-likeness (QED) is 0.756. The topological polar surface area (TPSA) is 29.1 Å². The minimum absolute atomic E-state index is 0.0650. The molecule has 1 saturated carbocycles. The molecule has 1 aromatic carbocycles. The second-order valence-corrected chi connectivity index (χ2v) is 7.10. The molecule has 0 bridgehead atoms. The van der Waals surface area contributed by atoms with Crippen LogP contribution < -0.4 is 5.32 Å². The van der Waals surface area contributed by atoms with Gasteiger partial charge in [-0.05, 0) is 37.0 Å². The summed E-state index contributed by atoms with van der Waals surface area (Å²) in [6.45, 7) is 0.721. The van der Waals surface area contributed by atoms with E-state index in [-0.39, 0.29) is 5.91 Å². The Morgan fingerprint density at radius 2 is 2.17 bits per heavy atom. The van der Waals surface area contributed by atoms with Crippen molar-refractivity contribution in [1.82, 2.24) is 5.32 Å². The van der Waals surface area contributed by atoms with Gasteiger partial charge in [0.2, 0.25) is 0 Å². The summed E-state index contributed by atoms with van der Waals surface area (Å²) in [5.41, 5.74) is 0.596. The number of carbonyl (C=O) groups excluding carboxylic acids is 1. The van der Waals surface area contributed by atoms with E-state index in [1.54, 1.807) is 18.2 Å². The molecular formula is C13H14Br2ClNO. The maximum absolute atomic E-state index is 12.0. The van der Waals surface area contributed by atoms with Crippen molar-refractivity contribution in [3.63, 3.8) is 0 Å². The highest BCUT2D eigenvalue weighted by atomic mass is 79.9. The fourth-order valence-electron chi connectivity index (χ4n) is 2.23. The summed E-state index contributed by atoms with van der Waals surface area (Å²) >= 11 is 12.9.